The van der Waals surface area contributed by atoms with Gasteiger partial charge in [-0.05, 0) is 24.5 Å². The largest absolute Gasteiger partial charge is 0.461 e. The molecule has 0 bridgehead atoms. The van der Waals surface area contributed by atoms with Crippen LogP contribution in [0.2, 0.25) is 0 Å². The van der Waals surface area contributed by atoms with E-state index in [0.29, 0.717) is 5.92 Å². The predicted octanol–water partition coefficient (Wildman–Crippen LogP) is 3.53. The van der Waals surface area contributed by atoms with Gasteiger partial charge in [-0.2, -0.15) is 0 Å². The Hall–Kier alpha value is -1.22. The summed E-state index contributed by atoms with van der Waals surface area (Å²) in [6.07, 6.45) is 5.39. The highest BCUT2D eigenvalue weighted by Crippen LogP contribution is 2.39. The molecule has 3 heteroatoms. The molecule has 0 saturated carbocycles. The Balaban J connectivity index is 1.66. The lowest BCUT2D eigenvalue weighted by Crippen LogP contribution is -2.25. The second-order valence-electron chi connectivity index (χ2n) is 5.38. The van der Waals surface area contributed by atoms with Crippen molar-refractivity contribution < 1.29 is 9.53 Å². The lowest BCUT2D eigenvalue weighted by molar-refractivity contribution is -0.143. The third-order valence-electron chi connectivity index (χ3n) is 3.91. The van der Waals surface area contributed by atoms with Crippen molar-refractivity contribution in [2.24, 2.45) is 17.8 Å². The Morgan fingerprint density at radius 3 is 2.84 bits per heavy atom. The molecule has 1 aliphatic carbocycles. The summed E-state index contributed by atoms with van der Waals surface area (Å²) in [5.41, 5.74) is 0. The maximum atomic E-state index is 11.9. The average molecular weight is 274 g/mol. The molecule has 0 N–H and O–H groups in total. The standard InChI is InChI=1S/C16H18O2S/c1-11-7-8-13-14(9-11)16(17)18-15(13)10-19-12-5-3-2-4-6-12/h2-8,11,13-15H,9-10H2,1H3/t11-,13+,14-,15-/m0/s1. The number of carbonyl (C=O) groups excluding carboxylic acids is 1. The molecule has 0 unspecified atom stereocenters. The zero-order valence-corrected chi connectivity index (χ0v) is 11.8. The summed E-state index contributed by atoms with van der Waals surface area (Å²) in [5.74, 6) is 1.70. The molecule has 0 spiro atoms. The highest BCUT2D eigenvalue weighted by atomic mass is 32.2. The molecule has 1 fully saturated rings. The lowest BCUT2D eigenvalue weighted by Gasteiger charge is -2.23. The smallest absolute Gasteiger partial charge is 0.310 e. The van der Waals surface area contributed by atoms with Gasteiger partial charge in [0.15, 0.2) is 0 Å². The first kappa shape index (κ1) is 12.8. The minimum atomic E-state index is -0.000128. The minimum absolute atomic E-state index is 0.000128. The number of carbonyl (C=O) groups is 1. The number of allylic oxidation sites excluding steroid dienone is 1. The highest BCUT2D eigenvalue weighted by Gasteiger charge is 2.44. The van der Waals surface area contributed by atoms with Crippen molar-refractivity contribution in [3.8, 4) is 0 Å². The molecule has 2 aliphatic rings. The molecule has 100 valence electrons. The van der Waals surface area contributed by atoms with Gasteiger partial charge in [-0.15, -0.1) is 11.8 Å². The van der Waals surface area contributed by atoms with E-state index in [9.17, 15) is 4.79 Å². The van der Waals surface area contributed by atoms with Crippen LogP contribution >= 0.6 is 11.8 Å². The van der Waals surface area contributed by atoms with E-state index in [1.54, 1.807) is 11.8 Å². The van der Waals surface area contributed by atoms with Gasteiger partial charge < -0.3 is 4.74 Å². The quantitative estimate of drug-likeness (QED) is 0.479. The second-order valence-corrected chi connectivity index (χ2v) is 6.47. The number of hydrogen-bond donors (Lipinski definition) is 0. The number of hydrogen-bond acceptors (Lipinski definition) is 3. The van der Waals surface area contributed by atoms with Crippen LogP contribution in [0.5, 0.6) is 0 Å². The van der Waals surface area contributed by atoms with E-state index >= 15 is 0 Å². The van der Waals surface area contributed by atoms with Crippen LogP contribution in [0.25, 0.3) is 0 Å². The summed E-state index contributed by atoms with van der Waals surface area (Å²) in [4.78, 5) is 13.1. The van der Waals surface area contributed by atoms with Crippen LogP contribution < -0.4 is 0 Å². The van der Waals surface area contributed by atoms with Crippen LogP contribution in [-0.4, -0.2) is 17.8 Å². The predicted molar refractivity (Wildman–Crippen MR) is 76.9 cm³/mol. The maximum absolute atomic E-state index is 11.9. The van der Waals surface area contributed by atoms with E-state index < -0.39 is 0 Å². The monoisotopic (exact) mass is 274 g/mol. The van der Waals surface area contributed by atoms with Crippen LogP contribution in [0.1, 0.15) is 13.3 Å². The van der Waals surface area contributed by atoms with Crippen LogP contribution in [0.4, 0.5) is 0 Å². The van der Waals surface area contributed by atoms with Gasteiger partial charge >= 0.3 is 5.97 Å². The van der Waals surface area contributed by atoms with Gasteiger partial charge in [0.05, 0.1) is 5.92 Å². The summed E-state index contributed by atoms with van der Waals surface area (Å²) in [6.45, 7) is 2.16. The first-order valence-corrected chi connectivity index (χ1v) is 7.79. The zero-order chi connectivity index (χ0) is 13.2. The Kier molecular flexibility index (Phi) is 3.65. The number of cyclic esters (lactones) is 1. The molecular formula is C16H18O2S. The summed E-state index contributed by atoms with van der Waals surface area (Å²) < 4.78 is 5.57. The molecule has 1 heterocycles. The van der Waals surface area contributed by atoms with Gasteiger partial charge in [0.25, 0.3) is 0 Å². The number of ether oxygens (including phenoxy) is 1. The van der Waals surface area contributed by atoms with Crippen molar-refractivity contribution in [3.05, 3.63) is 42.5 Å². The molecule has 1 aromatic rings. The number of esters is 1. The molecule has 0 amide bonds. The van der Waals surface area contributed by atoms with E-state index in [4.69, 9.17) is 4.74 Å². The molecule has 1 aliphatic heterocycles. The topological polar surface area (TPSA) is 26.3 Å². The van der Waals surface area contributed by atoms with Crippen molar-refractivity contribution in [3.63, 3.8) is 0 Å². The van der Waals surface area contributed by atoms with Crippen LogP contribution in [0.15, 0.2) is 47.4 Å². The molecule has 0 radical (unpaired) electrons. The first-order valence-electron chi connectivity index (χ1n) is 6.80. The van der Waals surface area contributed by atoms with Gasteiger partial charge in [0.2, 0.25) is 0 Å². The Labute approximate surface area is 118 Å². The van der Waals surface area contributed by atoms with Gasteiger partial charge in [-0.25, -0.2) is 0 Å². The van der Waals surface area contributed by atoms with Crippen molar-refractivity contribution in [2.75, 3.05) is 5.75 Å². The molecular weight excluding hydrogens is 256 g/mol. The number of benzene rings is 1. The molecule has 2 nitrogen and oxygen atoms in total. The first-order chi connectivity index (χ1) is 9.24. The van der Waals surface area contributed by atoms with E-state index in [1.807, 2.05) is 18.2 Å². The second kappa shape index (κ2) is 5.41. The van der Waals surface area contributed by atoms with Crippen molar-refractivity contribution in [1.82, 2.24) is 0 Å². The van der Waals surface area contributed by atoms with Crippen LogP contribution in [-0.2, 0) is 9.53 Å². The van der Waals surface area contributed by atoms with Crippen molar-refractivity contribution in [2.45, 2.75) is 24.3 Å². The van der Waals surface area contributed by atoms with Gasteiger partial charge in [0.1, 0.15) is 6.10 Å². The molecule has 4 atom stereocenters. The van der Waals surface area contributed by atoms with Gasteiger partial charge in [0, 0.05) is 16.6 Å². The van der Waals surface area contributed by atoms with Crippen molar-refractivity contribution >= 4 is 17.7 Å². The van der Waals surface area contributed by atoms with E-state index in [0.717, 1.165) is 12.2 Å². The lowest BCUT2D eigenvalue weighted by atomic mass is 9.79. The minimum Gasteiger partial charge on any atom is -0.461 e. The van der Waals surface area contributed by atoms with E-state index in [2.05, 4.69) is 31.2 Å². The SMILES string of the molecule is C[C@H]1C=C[C@H]2[C@H](CSc3ccccc3)OC(=O)[C@H]2C1. The molecule has 19 heavy (non-hydrogen) atoms. The Morgan fingerprint density at radius 2 is 2.05 bits per heavy atom. The van der Waals surface area contributed by atoms with E-state index in [-0.39, 0.29) is 23.9 Å². The van der Waals surface area contributed by atoms with Crippen molar-refractivity contribution in [1.29, 1.82) is 0 Å². The third kappa shape index (κ3) is 2.71. The molecule has 1 aromatic carbocycles. The Morgan fingerprint density at radius 1 is 1.26 bits per heavy atom. The summed E-state index contributed by atoms with van der Waals surface area (Å²) in [6, 6.07) is 10.3. The maximum Gasteiger partial charge on any atom is 0.310 e. The fourth-order valence-corrected chi connectivity index (χ4v) is 3.88. The van der Waals surface area contributed by atoms with Gasteiger partial charge in [-0.3, -0.25) is 4.79 Å². The summed E-state index contributed by atoms with van der Waals surface area (Å²) >= 11 is 1.77. The number of rotatable bonds is 3. The number of fused-ring (bicyclic) bond motifs is 1. The zero-order valence-electron chi connectivity index (χ0n) is 11.0. The average Bonchev–Trinajstić information content (AvgIpc) is 2.74. The number of thioether (sulfide) groups is 1. The van der Waals surface area contributed by atoms with Crippen LogP contribution in [0.3, 0.4) is 0 Å². The molecule has 0 aromatic heterocycles. The van der Waals surface area contributed by atoms with E-state index in [1.165, 1.54) is 4.90 Å². The normalized spacial score (nSPS) is 33.0. The fourth-order valence-electron chi connectivity index (χ4n) is 2.88. The molecule has 1 saturated heterocycles. The highest BCUT2D eigenvalue weighted by molar-refractivity contribution is 7.99. The van der Waals surface area contributed by atoms with Crippen LogP contribution in [0, 0.1) is 17.8 Å². The van der Waals surface area contributed by atoms with Gasteiger partial charge in [-0.1, -0.05) is 37.3 Å². The summed E-state index contributed by atoms with van der Waals surface area (Å²) in [5, 5.41) is 0. The third-order valence-corrected chi connectivity index (χ3v) is 5.01. The molecule has 3 rings (SSSR count). The Bertz CT molecular complexity index is 483. The summed E-state index contributed by atoms with van der Waals surface area (Å²) in [7, 11) is 0. The fraction of sp³-hybridized carbons (Fsp3) is 0.438.